The number of ether oxygens (including phenoxy) is 1. The van der Waals surface area contributed by atoms with Crippen molar-refractivity contribution in [1.29, 1.82) is 0 Å². The minimum atomic E-state index is -0.287. The number of nitrogens with zero attached hydrogens (tertiary/aromatic N) is 2. The van der Waals surface area contributed by atoms with Gasteiger partial charge in [-0.3, -0.25) is 9.59 Å². The second-order valence-electron chi connectivity index (χ2n) is 5.08. The Hall–Kier alpha value is -1.47. The molecule has 0 N–H and O–H groups in total. The molecule has 0 aliphatic rings. The summed E-state index contributed by atoms with van der Waals surface area (Å²) < 4.78 is 8.55. The Balaban J connectivity index is 2.53. The molecule has 0 spiro atoms. The first-order valence-electron chi connectivity index (χ1n) is 6.86. The Labute approximate surface area is 140 Å². The number of carbonyl (C=O) groups is 2. The first kappa shape index (κ1) is 16.9. The Morgan fingerprint density at radius 1 is 1.41 bits per heavy atom. The van der Waals surface area contributed by atoms with Crippen LogP contribution < -0.4 is 4.80 Å². The monoisotopic (exact) mass is 384 g/mol. The molecule has 0 unspecified atom stereocenters. The average molecular weight is 385 g/mol. The summed E-state index contributed by atoms with van der Waals surface area (Å²) in [6, 6.07) is 5.86. The summed E-state index contributed by atoms with van der Waals surface area (Å²) in [5.74, 6) is -0.617. The van der Waals surface area contributed by atoms with Crippen LogP contribution in [0.2, 0.25) is 0 Å². The number of rotatable bonds is 4. The number of esters is 1. The van der Waals surface area contributed by atoms with Crippen molar-refractivity contribution in [3.05, 3.63) is 27.5 Å². The van der Waals surface area contributed by atoms with E-state index >= 15 is 0 Å². The Morgan fingerprint density at radius 2 is 2.14 bits per heavy atom. The van der Waals surface area contributed by atoms with Crippen LogP contribution in [0.3, 0.4) is 0 Å². The summed E-state index contributed by atoms with van der Waals surface area (Å²) in [5, 5.41) is 0. The van der Waals surface area contributed by atoms with E-state index in [1.54, 1.807) is 0 Å². The molecule has 5 nitrogen and oxygen atoms in total. The minimum absolute atomic E-state index is 0.161. The van der Waals surface area contributed by atoms with Gasteiger partial charge in [-0.25, -0.2) is 0 Å². The molecule has 0 aliphatic carbocycles. The van der Waals surface area contributed by atoms with Crippen molar-refractivity contribution in [2.45, 2.75) is 26.8 Å². The highest BCUT2D eigenvalue weighted by Gasteiger charge is 2.11. The number of fused-ring (bicyclic) bond motifs is 1. The van der Waals surface area contributed by atoms with Crippen LogP contribution in [0.1, 0.15) is 20.3 Å². The zero-order valence-electron chi connectivity index (χ0n) is 12.6. The van der Waals surface area contributed by atoms with Crippen molar-refractivity contribution in [3.63, 3.8) is 0 Å². The van der Waals surface area contributed by atoms with Crippen molar-refractivity contribution in [3.8, 4) is 0 Å². The molecule has 1 amide bonds. The van der Waals surface area contributed by atoms with Crippen molar-refractivity contribution in [2.24, 2.45) is 10.9 Å². The van der Waals surface area contributed by atoms with Crippen molar-refractivity contribution in [1.82, 2.24) is 4.57 Å². The molecule has 118 valence electrons. The fourth-order valence-corrected chi connectivity index (χ4v) is 3.49. The van der Waals surface area contributed by atoms with Gasteiger partial charge in [0, 0.05) is 16.9 Å². The maximum atomic E-state index is 11.9. The molecule has 22 heavy (non-hydrogen) atoms. The summed E-state index contributed by atoms with van der Waals surface area (Å²) in [6.45, 7) is 4.06. The van der Waals surface area contributed by atoms with Crippen molar-refractivity contribution >= 4 is 49.4 Å². The van der Waals surface area contributed by atoms with Crippen LogP contribution in [0.5, 0.6) is 0 Å². The third-order valence-electron chi connectivity index (χ3n) is 3.11. The fourth-order valence-electron chi connectivity index (χ4n) is 1.88. The average Bonchev–Trinajstić information content (AvgIpc) is 2.80. The van der Waals surface area contributed by atoms with Crippen molar-refractivity contribution < 1.29 is 14.3 Å². The molecule has 2 rings (SSSR count). The lowest BCUT2D eigenvalue weighted by Crippen LogP contribution is -2.20. The second-order valence-corrected chi connectivity index (χ2v) is 7.00. The number of thiazole rings is 1. The minimum Gasteiger partial charge on any atom is -0.469 e. The SMILES string of the molecule is COC(=O)CCn1c(=NC(=O)C(C)C)sc2cc(Br)ccc21. The number of benzene rings is 1. The lowest BCUT2D eigenvalue weighted by Gasteiger charge is -2.04. The van der Waals surface area contributed by atoms with E-state index in [4.69, 9.17) is 0 Å². The maximum absolute atomic E-state index is 11.9. The van der Waals surface area contributed by atoms with E-state index in [0.29, 0.717) is 11.3 Å². The van der Waals surface area contributed by atoms with Gasteiger partial charge in [0.15, 0.2) is 4.80 Å². The van der Waals surface area contributed by atoms with Crippen LogP contribution in [-0.2, 0) is 20.9 Å². The summed E-state index contributed by atoms with van der Waals surface area (Å²) in [7, 11) is 1.36. The highest BCUT2D eigenvalue weighted by Crippen LogP contribution is 2.22. The number of aryl methyl sites for hydroxylation is 1. The maximum Gasteiger partial charge on any atom is 0.307 e. The van der Waals surface area contributed by atoms with Gasteiger partial charge in [-0.2, -0.15) is 4.99 Å². The lowest BCUT2D eigenvalue weighted by atomic mass is 10.2. The number of carbonyl (C=O) groups excluding carboxylic acids is 2. The quantitative estimate of drug-likeness (QED) is 0.760. The van der Waals surface area contributed by atoms with E-state index in [1.165, 1.54) is 18.4 Å². The fraction of sp³-hybridized carbons (Fsp3) is 0.400. The molecule has 0 aliphatic heterocycles. The van der Waals surface area contributed by atoms with Crippen LogP contribution >= 0.6 is 27.3 Å². The summed E-state index contributed by atoms with van der Waals surface area (Å²) >= 11 is 4.88. The molecular weight excluding hydrogens is 368 g/mol. The van der Waals surface area contributed by atoms with Crippen LogP contribution in [0.4, 0.5) is 0 Å². The molecule has 0 radical (unpaired) electrons. The molecule has 0 fully saturated rings. The van der Waals surface area contributed by atoms with E-state index in [1.807, 2.05) is 36.6 Å². The van der Waals surface area contributed by atoms with Gasteiger partial charge in [0.2, 0.25) is 0 Å². The predicted octanol–water partition coefficient (Wildman–Crippen LogP) is 3.11. The van der Waals surface area contributed by atoms with Gasteiger partial charge in [0.1, 0.15) is 0 Å². The number of methoxy groups -OCH3 is 1. The van der Waals surface area contributed by atoms with Gasteiger partial charge in [0.05, 0.1) is 23.7 Å². The Kier molecular flexibility index (Phi) is 5.52. The zero-order valence-corrected chi connectivity index (χ0v) is 15.0. The number of hydrogen-bond acceptors (Lipinski definition) is 4. The molecule has 7 heteroatoms. The van der Waals surface area contributed by atoms with E-state index in [-0.39, 0.29) is 24.2 Å². The zero-order chi connectivity index (χ0) is 16.3. The van der Waals surface area contributed by atoms with Crippen LogP contribution in [0.25, 0.3) is 10.2 Å². The third kappa shape index (κ3) is 3.84. The largest absolute Gasteiger partial charge is 0.469 e. The predicted molar refractivity (Wildman–Crippen MR) is 89.6 cm³/mol. The van der Waals surface area contributed by atoms with E-state index in [9.17, 15) is 9.59 Å². The van der Waals surface area contributed by atoms with Gasteiger partial charge in [-0.15, -0.1) is 0 Å². The normalized spacial score (nSPS) is 12.1. The van der Waals surface area contributed by atoms with Crippen LogP contribution in [0.15, 0.2) is 27.7 Å². The highest BCUT2D eigenvalue weighted by atomic mass is 79.9. The smallest absolute Gasteiger partial charge is 0.307 e. The van der Waals surface area contributed by atoms with Gasteiger partial charge < -0.3 is 9.30 Å². The molecule has 0 bridgehead atoms. The van der Waals surface area contributed by atoms with E-state index < -0.39 is 0 Å². The summed E-state index contributed by atoms with van der Waals surface area (Å²) in [6.07, 6.45) is 0.238. The van der Waals surface area contributed by atoms with Crippen LogP contribution in [-0.4, -0.2) is 23.6 Å². The van der Waals surface area contributed by atoms with Gasteiger partial charge in [0.25, 0.3) is 5.91 Å². The molecule has 1 aromatic heterocycles. The van der Waals surface area contributed by atoms with Crippen LogP contribution in [0, 0.1) is 5.92 Å². The molecule has 1 aromatic carbocycles. The third-order valence-corrected chi connectivity index (χ3v) is 4.65. The molecular formula is C15H17BrN2O3S. The van der Waals surface area contributed by atoms with Gasteiger partial charge >= 0.3 is 5.97 Å². The van der Waals surface area contributed by atoms with E-state index in [0.717, 1.165) is 14.7 Å². The highest BCUT2D eigenvalue weighted by molar-refractivity contribution is 9.10. The standard InChI is InChI=1S/C15H17BrN2O3S/c1-9(2)14(20)17-15-18(7-6-13(19)21-3)11-5-4-10(16)8-12(11)22-15/h4-5,8-9H,6-7H2,1-3H3. The second kappa shape index (κ2) is 7.19. The number of amides is 1. The number of halogens is 1. The molecule has 0 atom stereocenters. The molecule has 0 saturated heterocycles. The number of aromatic nitrogens is 1. The topological polar surface area (TPSA) is 60.7 Å². The van der Waals surface area contributed by atoms with E-state index in [2.05, 4.69) is 25.7 Å². The van der Waals surface area contributed by atoms with Gasteiger partial charge in [-0.1, -0.05) is 41.1 Å². The first-order chi connectivity index (χ1) is 10.4. The molecule has 1 heterocycles. The molecule has 0 saturated carbocycles. The molecule has 2 aromatic rings. The Morgan fingerprint density at radius 3 is 2.77 bits per heavy atom. The Bertz CT molecular complexity index is 777. The summed E-state index contributed by atoms with van der Waals surface area (Å²) in [5.41, 5.74) is 0.951. The van der Waals surface area contributed by atoms with Gasteiger partial charge in [-0.05, 0) is 18.2 Å². The lowest BCUT2D eigenvalue weighted by molar-refractivity contribution is -0.140. The van der Waals surface area contributed by atoms with Crippen molar-refractivity contribution in [2.75, 3.05) is 7.11 Å². The number of hydrogen-bond donors (Lipinski definition) is 0. The summed E-state index contributed by atoms with van der Waals surface area (Å²) in [4.78, 5) is 28.1. The first-order valence-corrected chi connectivity index (χ1v) is 8.47.